The summed E-state index contributed by atoms with van der Waals surface area (Å²) in [6, 6.07) is 3.32. The molecule has 0 aliphatic carbocycles. The molecule has 0 aromatic carbocycles. The Kier molecular flexibility index (Phi) is 2.81. The van der Waals surface area contributed by atoms with Gasteiger partial charge in [0.25, 0.3) is 5.82 Å². The van der Waals surface area contributed by atoms with Crippen LogP contribution in [0.15, 0.2) is 24.4 Å². The largest absolute Gasteiger partial charge is 0.453 e. The van der Waals surface area contributed by atoms with Gasteiger partial charge in [-0.05, 0) is 18.2 Å². The first kappa shape index (κ1) is 13.3. The van der Waals surface area contributed by atoms with Crippen LogP contribution in [0.1, 0.15) is 5.82 Å². The van der Waals surface area contributed by atoms with Crippen LogP contribution in [0, 0.1) is 11.8 Å². The highest BCUT2D eigenvalue weighted by Crippen LogP contribution is 2.28. The molecule has 108 valence electrons. The van der Waals surface area contributed by atoms with Crippen LogP contribution in [-0.2, 0) is 6.18 Å². The van der Waals surface area contributed by atoms with Gasteiger partial charge in [-0.1, -0.05) is 0 Å². The minimum atomic E-state index is -4.74. The summed E-state index contributed by atoms with van der Waals surface area (Å²) in [6.07, 6.45) is -3.78. The molecule has 0 atom stereocenters. The fraction of sp³-hybridized carbons (Fsp3) is 0.0909. The molecule has 3 aromatic heterocycles. The van der Waals surface area contributed by atoms with Gasteiger partial charge >= 0.3 is 6.18 Å². The molecule has 0 fully saturated rings. The Hall–Kier alpha value is -2.65. The standard InChI is InChI=1S/C11H4F5N5/c12-6-3-5(4-17-9(6)13)7-1-2-8-18-19-10(11(14,15)16)21(8)20-7/h1-4H. The van der Waals surface area contributed by atoms with Crippen molar-refractivity contribution in [1.82, 2.24) is 24.8 Å². The Morgan fingerprint density at radius 1 is 1.05 bits per heavy atom. The van der Waals surface area contributed by atoms with Gasteiger partial charge in [-0.3, -0.25) is 0 Å². The number of nitrogens with zero attached hydrogens (tertiary/aromatic N) is 5. The van der Waals surface area contributed by atoms with Gasteiger partial charge in [-0.15, -0.1) is 10.2 Å². The first-order valence-corrected chi connectivity index (χ1v) is 5.47. The normalized spacial score (nSPS) is 12.0. The molecule has 3 heterocycles. The third kappa shape index (κ3) is 2.28. The number of aromatic nitrogens is 5. The molecule has 0 spiro atoms. The van der Waals surface area contributed by atoms with Crippen LogP contribution >= 0.6 is 0 Å². The van der Waals surface area contributed by atoms with Crippen LogP contribution in [0.2, 0.25) is 0 Å². The summed E-state index contributed by atoms with van der Waals surface area (Å²) in [5.41, 5.74) is -0.126. The Labute approximate surface area is 113 Å². The van der Waals surface area contributed by atoms with Gasteiger partial charge in [-0.25, -0.2) is 9.37 Å². The van der Waals surface area contributed by atoms with Gasteiger partial charge in [0.15, 0.2) is 11.5 Å². The van der Waals surface area contributed by atoms with Gasteiger partial charge in [0, 0.05) is 11.8 Å². The van der Waals surface area contributed by atoms with Gasteiger partial charge in [0.1, 0.15) is 0 Å². The molecule has 3 rings (SSSR count). The minimum absolute atomic E-state index is 0.0256. The smallest absolute Gasteiger partial charge is 0.225 e. The average Bonchev–Trinajstić information content (AvgIpc) is 2.84. The third-order valence-corrected chi connectivity index (χ3v) is 2.61. The number of pyridine rings is 1. The Balaban J connectivity index is 2.18. The fourth-order valence-electron chi connectivity index (χ4n) is 1.68. The van der Waals surface area contributed by atoms with E-state index in [0.717, 1.165) is 12.3 Å². The third-order valence-electron chi connectivity index (χ3n) is 2.61. The minimum Gasteiger partial charge on any atom is -0.225 e. The maximum absolute atomic E-state index is 13.1. The lowest BCUT2D eigenvalue weighted by Gasteiger charge is -2.05. The molecule has 21 heavy (non-hydrogen) atoms. The molecule has 0 bridgehead atoms. The summed E-state index contributed by atoms with van der Waals surface area (Å²) in [4.78, 5) is 3.15. The number of fused-ring (bicyclic) bond motifs is 1. The molecule has 5 nitrogen and oxygen atoms in total. The van der Waals surface area contributed by atoms with Gasteiger partial charge in [0.2, 0.25) is 5.95 Å². The predicted molar refractivity (Wildman–Crippen MR) is 58.9 cm³/mol. The summed E-state index contributed by atoms with van der Waals surface area (Å²) >= 11 is 0. The number of alkyl halides is 3. The Morgan fingerprint density at radius 2 is 1.81 bits per heavy atom. The number of hydrogen-bond donors (Lipinski definition) is 0. The van der Waals surface area contributed by atoms with E-state index >= 15 is 0 Å². The Morgan fingerprint density at radius 3 is 2.48 bits per heavy atom. The molecule has 0 saturated carbocycles. The molecule has 0 amide bonds. The molecule has 0 aliphatic rings. The maximum Gasteiger partial charge on any atom is 0.453 e. The second-order valence-corrected chi connectivity index (χ2v) is 4.01. The van der Waals surface area contributed by atoms with E-state index in [1.807, 2.05) is 0 Å². The number of halogens is 5. The van der Waals surface area contributed by atoms with Crippen molar-refractivity contribution in [2.24, 2.45) is 0 Å². The second kappa shape index (κ2) is 4.43. The summed E-state index contributed by atoms with van der Waals surface area (Å²) in [6.45, 7) is 0. The first-order valence-electron chi connectivity index (χ1n) is 5.47. The SMILES string of the molecule is Fc1cc(-c2ccc3nnc(C(F)(F)F)n3n2)cnc1F. The van der Waals surface area contributed by atoms with Crippen molar-refractivity contribution in [1.29, 1.82) is 0 Å². The van der Waals surface area contributed by atoms with E-state index < -0.39 is 23.8 Å². The topological polar surface area (TPSA) is 56.0 Å². The first-order chi connectivity index (χ1) is 9.86. The van der Waals surface area contributed by atoms with E-state index in [4.69, 9.17) is 0 Å². The molecule has 0 unspecified atom stereocenters. The Bertz CT molecular complexity index is 825. The van der Waals surface area contributed by atoms with E-state index in [2.05, 4.69) is 20.3 Å². The molecule has 0 N–H and O–H groups in total. The van der Waals surface area contributed by atoms with E-state index in [9.17, 15) is 22.0 Å². The molecule has 0 aliphatic heterocycles. The van der Waals surface area contributed by atoms with E-state index in [1.54, 1.807) is 0 Å². The van der Waals surface area contributed by atoms with E-state index in [0.29, 0.717) is 4.52 Å². The lowest BCUT2D eigenvalue weighted by molar-refractivity contribution is -0.146. The highest BCUT2D eigenvalue weighted by Gasteiger charge is 2.37. The summed E-state index contributed by atoms with van der Waals surface area (Å²) in [5.74, 6) is -3.84. The highest BCUT2D eigenvalue weighted by molar-refractivity contribution is 5.59. The van der Waals surface area contributed by atoms with Crippen molar-refractivity contribution in [2.75, 3.05) is 0 Å². The summed E-state index contributed by atoms with van der Waals surface area (Å²) in [7, 11) is 0. The maximum atomic E-state index is 13.1. The summed E-state index contributed by atoms with van der Waals surface area (Å²) in [5, 5.41) is 10.0. The van der Waals surface area contributed by atoms with E-state index in [-0.39, 0.29) is 16.9 Å². The molecule has 10 heteroatoms. The van der Waals surface area contributed by atoms with E-state index in [1.165, 1.54) is 12.1 Å². The van der Waals surface area contributed by atoms with Crippen LogP contribution in [0.4, 0.5) is 22.0 Å². The van der Waals surface area contributed by atoms with Crippen molar-refractivity contribution in [3.8, 4) is 11.3 Å². The molecular weight excluding hydrogens is 297 g/mol. The number of hydrogen-bond acceptors (Lipinski definition) is 4. The molecular formula is C11H4F5N5. The fourth-order valence-corrected chi connectivity index (χ4v) is 1.68. The quantitative estimate of drug-likeness (QED) is 0.512. The lowest BCUT2D eigenvalue weighted by atomic mass is 10.2. The van der Waals surface area contributed by atoms with Gasteiger partial charge in [-0.2, -0.15) is 27.2 Å². The van der Waals surface area contributed by atoms with Crippen molar-refractivity contribution in [2.45, 2.75) is 6.18 Å². The zero-order valence-electron chi connectivity index (χ0n) is 9.94. The number of rotatable bonds is 1. The second-order valence-electron chi connectivity index (χ2n) is 4.01. The van der Waals surface area contributed by atoms with Crippen molar-refractivity contribution in [3.63, 3.8) is 0 Å². The lowest BCUT2D eigenvalue weighted by Crippen LogP contribution is -2.12. The van der Waals surface area contributed by atoms with Crippen molar-refractivity contribution < 1.29 is 22.0 Å². The van der Waals surface area contributed by atoms with Crippen LogP contribution in [0.3, 0.4) is 0 Å². The van der Waals surface area contributed by atoms with Crippen molar-refractivity contribution in [3.05, 3.63) is 42.0 Å². The zero-order valence-corrected chi connectivity index (χ0v) is 9.94. The molecule has 0 saturated heterocycles. The monoisotopic (exact) mass is 301 g/mol. The van der Waals surface area contributed by atoms with Crippen LogP contribution in [0.5, 0.6) is 0 Å². The van der Waals surface area contributed by atoms with Gasteiger partial charge in [0.05, 0.1) is 5.69 Å². The molecule has 3 aromatic rings. The predicted octanol–water partition coefficient (Wildman–Crippen LogP) is 2.48. The zero-order chi connectivity index (χ0) is 15.2. The van der Waals surface area contributed by atoms with Gasteiger partial charge < -0.3 is 0 Å². The van der Waals surface area contributed by atoms with Crippen LogP contribution in [-0.4, -0.2) is 24.8 Å². The summed E-state index contributed by atoms with van der Waals surface area (Å²) < 4.78 is 64.5. The molecule has 0 radical (unpaired) electrons. The van der Waals surface area contributed by atoms with Crippen LogP contribution < -0.4 is 0 Å². The average molecular weight is 301 g/mol. The highest BCUT2D eigenvalue weighted by atomic mass is 19.4. The van der Waals surface area contributed by atoms with Crippen LogP contribution in [0.25, 0.3) is 16.9 Å². The van der Waals surface area contributed by atoms with Crippen molar-refractivity contribution >= 4 is 5.65 Å².